The number of fused-ring (bicyclic) bond motifs is 1. The van der Waals surface area contributed by atoms with E-state index in [9.17, 15) is 17.9 Å². The van der Waals surface area contributed by atoms with Crippen molar-refractivity contribution in [3.8, 4) is 0 Å². The van der Waals surface area contributed by atoms with Gasteiger partial charge in [0.15, 0.2) is 5.82 Å². The van der Waals surface area contributed by atoms with Crippen molar-refractivity contribution < 1.29 is 22.3 Å². The van der Waals surface area contributed by atoms with Crippen LogP contribution in [-0.2, 0) is 10.0 Å². The Kier molecular flexibility index (Phi) is 6.55. The van der Waals surface area contributed by atoms with Gasteiger partial charge >= 0.3 is 0 Å². The Balaban J connectivity index is 1.70. The lowest BCUT2D eigenvalue weighted by atomic mass is 9.99. The fourth-order valence-electron chi connectivity index (χ4n) is 4.02. The molecular weight excluding hydrogens is 452 g/mol. The van der Waals surface area contributed by atoms with Gasteiger partial charge < -0.3 is 19.9 Å². The normalized spacial score (nSPS) is 16.3. The van der Waals surface area contributed by atoms with Crippen molar-refractivity contribution in [2.75, 3.05) is 48.6 Å². The molecule has 1 unspecified atom stereocenters. The number of hydrogen-bond donors (Lipinski definition) is 3. The third kappa shape index (κ3) is 4.80. The number of pyridine rings is 1. The summed E-state index contributed by atoms with van der Waals surface area (Å²) in [5.74, 6) is -2.33. The van der Waals surface area contributed by atoms with E-state index in [1.807, 2.05) is 6.07 Å². The van der Waals surface area contributed by atoms with Gasteiger partial charge in [-0.25, -0.2) is 22.2 Å². The van der Waals surface area contributed by atoms with Crippen LogP contribution in [0.15, 0.2) is 30.6 Å². The predicted molar refractivity (Wildman–Crippen MR) is 124 cm³/mol. The number of nitrogens with zero attached hydrogens (tertiary/aromatic N) is 3. The maximum atomic E-state index is 15.2. The Morgan fingerprint density at radius 1 is 1.24 bits per heavy atom. The summed E-state index contributed by atoms with van der Waals surface area (Å²) in [7, 11) is -1.74. The second kappa shape index (κ2) is 9.24. The van der Waals surface area contributed by atoms with Gasteiger partial charge in [-0.1, -0.05) is 6.92 Å². The molecule has 33 heavy (non-hydrogen) atoms. The highest BCUT2D eigenvalue weighted by Crippen LogP contribution is 2.35. The minimum Gasteiger partial charge on any atom is -0.383 e. The molecule has 3 N–H and O–H groups in total. The summed E-state index contributed by atoms with van der Waals surface area (Å²) in [6, 6.07) is 3.79. The SMILES string of the molecule is CCCS(=O)(=O)Nc1ccc(F)c(C(O)c2c[nH]c3ncc(N4CCN(C)CC4)cc23)c1F. The molecule has 4 rings (SSSR count). The van der Waals surface area contributed by atoms with Gasteiger partial charge in [0.05, 0.1) is 28.9 Å². The van der Waals surface area contributed by atoms with E-state index in [-0.39, 0.29) is 11.3 Å². The molecule has 0 amide bonds. The van der Waals surface area contributed by atoms with Crippen molar-refractivity contribution in [1.82, 2.24) is 14.9 Å². The molecule has 0 bridgehead atoms. The fourth-order valence-corrected chi connectivity index (χ4v) is 5.15. The van der Waals surface area contributed by atoms with Crippen LogP contribution in [0.5, 0.6) is 0 Å². The monoisotopic (exact) mass is 479 g/mol. The summed E-state index contributed by atoms with van der Waals surface area (Å²) >= 11 is 0. The van der Waals surface area contributed by atoms with Crippen molar-refractivity contribution in [1.29, 1.82) is 0 Å². The van der Waals surface area contributed by atoms with Crippen LogP contribution < -0.4 is 9.62 Å². The molecule has 1 saturated heterocycles. The van der Waals surface area contributed by atoms with Crippen LogP contribution in [0.1, 0.15) is 30.6 Å². The van der Waals surface area contributed by atoms with Crippen molar-refractivity contribution in [2.45, 2.75) is 19.4 Å². The van der Waals surface area contributed by atoms with Gasteiger partial charge in [0.2, 0.25) is 10.0 Å². The first-order valence-corrected chi connectivity index (χ1v) is 12.4. The number of hydrogen-bond acceptors (Lipinski definition) is 6. The van der Waals surface area contributed by atoms with E-state index in [0.717, 1.165) is 44.0 Å². The number of H-pyrrole nitrogens is 1. The first kappa shape index (κ1) is 23.4. The highest BCUT2D eigenvalue weighted by atomic mass is 32.2. The van der Waals surface area contributed by atoms with E-state index in [1.54, 1.807) is 13.1 Å². The summed E-state index contributed by atoms with van der Waals surface area (Å²) in [6.07, 6.45) is 1.86. The first-order valence-electron chi connectivity index (χ1n) is 10.8. The zero-order valence-corrected chi connectivity index (χ0v) is 19.3. The number of halogens is 2. The van der Waals surface area contributed by atoms with Crippen molar-refractivity contribution in [2.24, 2.45) is 0 Å². The van der Waals surface area contributed by atoms with Gasteiger partial charge in [-0.05, 0) is 31.7 Å². The van der Waals surface area contributed by atoms with Gasteiger partial charge in [0.25, 0.3) is 0 Å². The molecule has 1 aromatic carbocycles. The van der Waals surface area contributed by atoms with Crippen LogP contribution in [0, 0.1) is 11.6 Å². The fraction of sp³-hybridized carbons (Fsp3) is 0.409. The molecule has 0 radical (unpaired) electrons. The Morgan fingerprint density at radius 2 is 1.97 bits per heavy atom. The number of aromatic amines is 1. The van der Waals surface area contributed by atoms with Gasteiger partial charge in [-0.2, -0.15) is 0 Å². The molecule has 0 aliphatic carbocycles. The number of aliphatic hydroxyl groups is 1. The average molecular weight is 480 g/mol. The molecule has 1 aliphatic rings. The summed E-state index contributed by atoms with van der Waals surface area (Å²) in [5, 5.41) is 11.5. The van der Waals surface area contributed by atoms with E-state index >= 15 is 4.39 Å². The summed E-state index contributed by atoms with van der Waals surface area (Å²) in [6.45, 7) is 5.11. The summed E-state index contributed by atoms with van der Waals surface area (Å²) in [5.41, 5.74) is 0.542. The molecule has 11 heteroatoms. The average Bonchev–Trinajstić information content (AvgIpc) is 3.19. The van der Waals surface area contributed by atoms with Crippen LogP contribution >= 0.6 is 0 Å². The number of sulfonamides is 1. The lowest BCUT2D eigenvalue weighted by molar-refractivity contribution is 0.211. The quantitative estimate of drug-likeness (QED) is 0.482. The topological polar surface area (TPSA) is 102 Å². The number of likely N-dealkylation sites (N-methyl/N-ethyl adjacent to an activating group) is 1. The van der Waals surface area contributed by atoms with Gasteiger partial charge in [-0.3, -0.25) is 4.72 Å². The molecule has 3 aromatic rings. The maximum absolute atomic E-state index is 15.2. The molecule has 2 aromatic heterocycles. The third-order valence-electron chi connectivity index (χ3n) is 5.85. The summed E-state index contributed by atoms with van der Waals surface area (Å²) < 4.78 is 56.1. The van der Waals surface area contributed by atoms with Gasteiger partial charge in [0.1, 0.15) is 17.6 Å². The standard InChI is InChI=1S/C22H27F2N5O3S/c1-3-10-33(31,32)27-18-5-4-17(23)19(20(18)24)21(30)16-13-26-22-15(16)11-14(12-25-22)29-8-6-28(2)7-9-29/h4-5,11-13,21,27,30H,3,6-10H2,1-2H3,(H,25,26). The van der Waals surface area contributed by atoms with Crippen molar-refractivity contribution in [3.63, 3.8) is 0 Å². The second-order valence-corrected chi connectivity index (χ2v) is 10.1. The Bertz CT molecular complexity index is 1260. The van der Waals surface area contributed by atoms with Gasteiger partial charge in [-0.15, -0.1) is 0 Å². The molecule has 1 atom stereocenters. The van der Waals surface area contributed by atoms with Crippen LogP contribution in [0.2, 0.25) is 0 Å². The first-order chi connectivity index (χ1) is 15.7. The molecule has 3 heterocycles. The molecular formula is C22H27F2N5O3S. The maximum Gasteiger partial charge on any atom is 0.232 e. The molecule has 0 spiro atoms. The van der Waals surface area contributed by atoms with E-state index in [1.165, 1.54) is 6.20 Å². The van der Waals surface area contributed by atoms with Crippen molar-refractivity contribution >= 4 is 32.4 Å². The molecule has 178 valence electrons. The van der Waals surface area contributed by atoms with Crippen LogP contribution in [0.3, 0.4) is 0 Å². The number of rotatable bonds is 7. The largest absolute Gasteiger partial charge is 0.383 e. The zero-order valence-electron chi connectivity index (χ0n) is 18.5. The van der Waals surface area contributed by atoms with E-state index in [0.29, 0.717) is 17.5 Å². The number of aromatic nitrogens is 2. The number of piperazine rings is 1. The Morgan fingerprint density at radius 3 is 2.67 bits per heavy atom. The number of benzene rings is 1. The van der Waals surface area contributed by atoms with E-state index < -0.39 is 39.0 Å². The van der Waals surface area contributed by atoms with Gasteiger partial charge in [0, 0.05) is 43.3 Å². The number of nitrogens with one attached hydrogen (secondary N) is 2. The predicted octanol–water partition coefficient (Wildman–Crippen LogP) is 2.83. The molecule has 8 nitrogen and oxygen atoms in total. The van der Waals surface area contributed by atoms with E-state index in [2.05, 4.69) is 31.5 Å². The minimum absolute atomic E-state index is 0.203. The van der Waals surface area contributed by atoms with Crippen LogP contribution in [-0.4, -0.2) is 67.4 Å². The van der Waals surface area contributed by atoms with Crippen LogP contribution in [0.25, 0.3) is 11.0 Å². The minimum atomic E-state index is -3.79. The Hall–Kier alpha value is -2.76. The number of aliphatic hydroxyl groups excluding tert-OH is 1. The van der Waals surface area contributed by atoms with Crippen molar-refractivity contribution in [3.05, 3.63) is 53.4 Å². The Labute approximate surface area is 191 Å². The highest BCUT2D eigenvalue weighted by Gasteiger charge is 2.26. The lowest BCUT2D eigenvalue weighted by Gasteiger charge is -2.33. The molecule has 0 saturated carbocycles. The van der Waals surface area contributed by atoms with Crippen LogP contribution in [0.4, 0.5) is 20.2 Å². The zero-order chi connectivity index (χ0) is 23.8. The summed E-state index contributed by atoms with van der Waals surface area (Å²) in [4.78, 5) is 11.7. The third-order valence-corrected chi connectivity index (χ3v) is 7.33. The van der Waals surface area contributed by atoms with E-state index in [4.69, 9.17) is 0 Å². The molecule has 1 fully saturated rings. The highest BCUT2D eigenvalue weighted by molar-refractivity contribution is 7.92. The molecule has 1 aliphatic heterocycles. The lowest BCUT2D eigenvalue weighted by Crippen LogP contribution is -2.44. The second-order valence-electron chi connectivity index (χ2n) is 8.27. The number of anilines is 2. The smallest absolute Gasteiger partial charge is 0.232 e.